The van der Waals surface area contributed by atoms with Crippen LogP contribution in [0.5, 0.6) is 0 Å². The van der Waals surface area contributed by atoms with Crippen molar-refractivity contribution in [1.29, 1.82) is 0 Å². The number of carbonyl (C=O) groups excluding carboxylic acids is 1. The lowest BCUT2D eigenvalue weighted by Crippen LogP contribution is -2.54. The third-order valence-electron chi connectivity index (χ3n) is 4.88. The van der Waals surface area contributed by atoms with Crippen LogP contribution in [-0.4, -0.2) is 53.4 Å². The molecule has 5 heteroatoms. The van der Waals surface area contributed by atoms with E-state index in [1.54, 1.807) is 12.3 Å². The van der Waals surface area contributed by atoms with E-state index >= 15 is 0 Å². The van der Waals surface area contributed by atoms with Gasteiger partial charge in [0.05, 0.1) is 18.3 Å². The summed E-state index contributed by atoms with van der Waals surface area (Å²) in [6.45, 7) is 2.98. The number of hydrogen-bond donors (Lipinski definition) is 1. The molecule has 2 saturated heterocycles. The molecule has 2 fully saturated rings. The molecule has 2 unspecified atom stereocenters. The molecule has 0 saturated carbocycles. The maximum absolute atomic E-state index is 12.4. The summed E-state index contributed by atoms with van der Waals surface area (Å²) in [6, 6.07) is 4.31. The summed E-state index contributed by atoms with van der Waals surface area (Å²) in [5, 5.41) is 0. The van der Waals surface area contributed by atoms with E-state index in [1.165, 1.54) is 19.4 Å². The first-order valence-corrected chi connectivity index (χ1v) is 7.82. The number of fused-ring (bicyclic) bond motifs is 1. The molecule has 2 aliphatic rings. The highest BCUT2D eigenvalue weighted by Gasteiger charge is 2.35. The van der Waals surface area contributed by atoms with E-state index in [2.05, 4.69) is 16.9 Å². The maximum atomic E-state index is 12.4. The number of anilines is 1. The van der Waals surface area contributed by atoms with Crippen LogP contribution in [-0.2, 0) is 11.2 Å². The lowest BCUT2D eigenvalue weighted by molar-refractivity contribution is -0.134. The van der Waals surface area contributed by atoms with Crippen molar-refractivity contribution in [1.82, 2.24) is 14.8 Å². The number of nitrogen functional groups attached to an aromatic ring is 1. The number of nitrogens with zero attached hydrogens (tertiary/aromatic N) is 3. The van der Waals surface area contributed by atoms with Crippen molar-refractivity contribution in [3.63, 3.8) is 0 Å². The number of carbonyl (C=O) groups is 1. The highest BCUT2D eigenvalue weighted by molar-refractivity contribution is 5.78. The Labute approximate surface area is 126 Å². The van der Waals surface area contributed by atoms with Crippen molar-refractivity contribution in [3.8, 4) is 0 Å². The Bertz CT molecular complexity index is 502. The molecule has 0 aliphatic carbocycles. The molecule has 1 amide bonds. The topological polar surface area (TPSA) is 62.5 Å². The zero-order valence-electron chi connectivity index (χ0n) is 12.7. The predicted octanol–water partition coefficient (Wildman–Crippen LogP) is 1.15. The molecule has 2 atom stereocenters. The van der Waals surface area contributed by atoms with Crippen LogP contribution in [0.25, 0.3) is 0 Å². The first-order valence-electron chi connectivity index (χ1n) is 7.82. The number of hydrogen-bond acceptors (Lipinski definition) is 4. The van der Waals surface area contributed by atoms with Gasteiger partial charge in [-0.2, -0.15) is 0 Å². The van der Waals surface area contributed by atoms with Gasteiger partial charge in [-0.1, -0.05) is 0 Å². The summed E-state index contributed by atoms with van der Waals surface area (Å²) >= 11 is 0. The van der Waals surface area contributed by atoms with Gasteiger partial charge in [0.2, 0.25) is 5.91 Å². The fourth-order valence-corrected chi connectivity index (χ4v) is 3.69. The third-order valence-corrected chi connectivity index (χ3v) is 4.88. The van der Waals surface area contributed by atoms with Crippen LogP contribution < -0.4 is 5.73 Å². The highest BCUT2D eigenvalue weighted by atomic mass is 16.2. The van der Waals surface area contributed by atoms with Gasteiger partial charge in [-0.15, -0.1) is 0 Å². The van der Waals surface area contributed by atoms with E-state index in [4.69, 9.17) is 5.73 Å². The fraction of sp³-hybridized carbons (Fsp3) is 0.625. The second-order valence-corrected chi connectivity index (χ2v) is 6.34. The van der Waals surface area contributed by atoms with Gasteiger partial charge < -0.3 is 15.5 Å². The SMILES string of the molecule is CN1CCCC2CN(C(=O)Cc3ccc(N)cn3)CCC21. The zero-order chi connectivity index (χ0) is 14.8. The molecule has 3 heterocycles. The Morgan fingerprint density at radius 2 is 2.24 bits per heavy atom. The molecule has 0 spiro atoms. The Hall–Kier alpha value is -1.62. The van der Waals surface area contributed by atoms with Crippen LogP contribution >= 0.6 is 0 Å². The van der Waals surface area contributed by atoms with E-state index < -0.39 is 0 Å². The summed E-state index contributed by atoms with van der Waals surface area (Å²) in [6.07, 6.45) is 5.60. The molecule has 0 bridgehead atoms. The molecule has 2 N–H and O–H groups in total. The summed E-state index contributed by atoms with van der Waals surface area (Å²) in [5.74, 6) is 0.833. The second-order valence-electron chi connectivity index (χ2n) is 6.34. The second kappa shape index (κ2) is 6.02. The summed E-state index contributed by atoms with van der Waals surface area (Å²) in [4.78, 5) is 21.2. The normalized spacial score (nSPS) is 26.4. The van der Waals surface area contributed by atoms with Crippen LogP contribution in [0.4, 0.5) is 5.69 Å². The van der Waals surface area contributed by atoms with Crippen LogP contribution in [0.3, 0.4) is 0 Å². The third kappa shape index (κ3) is 3.18. The Morgan fingerprint density at radius 3 is 3.00 bits per heavy atom. The molecule has 0 aromatic carbocycles. The number of pyridine rings is 1. The Kier molecular flexibility index (Phi) is 4.10. The standard InChI is InChI=1S/C16H24N4O/c1-19-7-2-3-12-11-20(8-6-15(12)19)16(21)9-14-5-4-13(17)10-18-14/h4-5,10,12,15H,2-3,6-9,11,17H2,1H3. The average molecular weight is 288 g/mol. The molecular formula is C16H24N4O. The number of nitrogens with two attached hydrogens (primary N) is 1. The van der Waals surface area contributed by atoms with Gasteiger partial charge in [-0.05, 0) is 50.9 Å². The van der Waals surface area contributed by atoms with Crippen molar-refractivity contribution in [2.24, 2.45) is 5.92 Å². The quantitative estimate of drug-likeness (QED) is 0.887. The van der Waals surface area contributed by atoms with Gasteiger partial charge in [-0.3, -0.25) is 9.78 Å². The van der Waals surface area contributed by atoms with Crippen molar-refractivity contribution >= 4 is 11.6 Å². The number of aromatic nitrogens is 1. The summed E-state index contributed by atoms with van der Waals surface area (Å²) < 4.78 is 0. The fourth-order valence-electron chi connectivity index (χ4n) is 3.69. The van der Waals surface area contributed by atoms with E-state index in [-0.39, 0.29) is 5.91 Å². The number of piperidine rings is 2. The molecule has 21 heavy (non-hydrogen) atoms. The van der Waals surface area contributed by atoms with E-state index in [9.17, 15) is 4.79 Å². The van der Waals surface area contributed by atoms with Gasteiger partial charge in [0.25, 0.3) is 0 Å². The van der Waals surface area contributed by atoms with Crippen LogP contribution in [0, 0.1) is 5.92 Å². The molecule has 114 valence electrons. The van der Waals surface area contributed by atoms with Gasteiger partial charge in [-0.25, -0.2) is 0 Å². The predicted molar refractivity (Wildman–Crippen MR) is 82.7 cm³/mol. The lowest BCUT2D eigenvalue weighted by atomic mass is 9.84. The van der Waals surface area contributed by atoms with Gasteiger partial charge in [0.15, 0.2) is 0 Å². The zero-order valence-corrected chi connectivity index (χ0v) is 12.7. The molecule has 0 radical (unpaired) electrons. The average Bonchev–Trinajstić information content (AvgIpc) is 2.49. The minimum atomic E-state index is 0.193. The van der Waals surface area contributed by atoms with E-state index in [1.807, 2.05) is 11.0 Å². The largest absolute Gasteiger partial charge is 0.397 e. The molecule has 1 aromatic rings. The van der Waals surface area contributed by atoms with Crippen molar-refractivity contribution in [3.05, 3.63) is 24.0 Å². The first kappa shape index (κ1) is 14.3. The molecular weight excluding hydrogens is 264 g/mol. The Balaban J connectivity index is 1.60. The van der Waals surface area contributed by atoms with E-state index in [0.29, 0.717) is 24.1 Å². The minimum absolute atomic E-state index is 0.193. The van der Waals surface area contributed by atoms with Crippen LogP contribution in [0.1, 0.15) is 25.0 Å². The smallest absolute Gasteiger partial charge is 0.228 e. The number of rotatable bonds is 2. The number of likely N-dealkylation sites (tertiary alicyclic amines) is 2. The summed E-state index contributed by atoms with van der Waals surface area (Å²) in [5.41, 5.74) is 7.06. The minimum Gasteiger partial charge on any atom is -0.397 e. The highest BCUT2D eigenvalue weighted by Crippen LogP contribution is 2.29. The molecule has 2 aliphatic heterocycles. The van der Waals surface area contributed by atoms with Crippen molar-refractivity contribution < 1.29 is 4.79 Å². The van der Waals surface area contributed by atoms with Crippen LogP contribution in [0.2, 0.25) is 0 Å². The van der Waals surface area contributed by atoms with Gasteiger partial charge >= 0.3 is 0 Å². The monoisotopic (exact) mass is 288 g/mol. The molecule has 1 aromatic heterocycles. The van der Waals surface area contributed by atoms with E-state index in [0.717, 1.165) is 25.2 Å². The van der Waals surface area contributed by atoms with Crippen molar-refractivity contribution in [2.45, 2.75) is 31.7 Å². The molecule has 5 nitrogen and oxygen atoms in total. The van der Waals surface area contributed by atoms with Gasteiger partial charge in [0, 0.05) is 24.8 Å². The number of amides is 1. The van der Waals surface area contributed by atoms with Crippen molar-refractivity contribution in [2.75, 3.05) is 32.4 Å². The lowest BCUT2D eigenvalue weighted by Gasteiger charge is -2.46. The van der Waals surface area contributed by atoms with Crippen LogP contribution in [0.15, 0.2) is 18.3 Å². The van der Waals surface area contributed by atoms with Gasteiger partial charge in [0.1, 0.15) is 0 Å². The maximum Gasteiger partial charge on any atom is 0.228 e. The summed E-state index contributed by atoms with van der Waals surface area (Å²) in [7, 11) is 2.21. The molecule has 3 rings (SSSR count). The Morgan fingerprint density at radius 1 is 1.38 bits per heavy atom. The first-order chi connectivity index (χ1) is 10.1.